The second-order valence-electron chi connectivity index (χ2n) is 8.46. The Bertz CT molecular complexity index is 1620. The number of hydrogen-bond donors (Lipinski definition) is 2. The first-order chi connectivity index (χ1) is 17.6. The van der Waals surface area contributed by atoms with Gasteiger partial charge in [0.05, 0.1) is 28.4 Å². The average molecular weight is 532 g/mol. The first-order valence-electron chi connectivity index (χ1n) is 11.9. The number of nitrogens with zero attached hydrogens (tertiary/aromatic N) is 3. The molecular formula is C25H27F2N5O4S. The molecule has 0 atom stereocenters. The molecule has 2 aromatic carbocycles. The number of nitrogens with one attached hydrogen (secondary N) is 2. The van der Waals surface area contributed by atoms with Crippen molar-refractivity contribution in [3.63, 3.8) is 0 Å². The number of aryl methyl sites for hydroxylation is 2. The Balaban J connectivity index is 1.81. The predicted molar refractivity (Wildman–Crippen MR) is 135 cm³/mol. The number of rotatable bonds is 10. The number of aromatic amines is 1. The number of imidazole rings is 1. The van der Waals surface area contributed by atoms with Crippen LogP contribution in [-0.2, 0) is 16.4 Å². The number of sulfonamides is 1. The first-order valence-corrected chi connectivity index (χ1v) is 13.4. The minimum Gasteiger partial charge on any atom is -0.493 e. The van der Waals surface area contributed by atoms with Crippen molar-refractivity contribution >= 4 is 21.2 Å². The molecule has 0 spiro atoms. The number of hydrogen-bond acceptors (Lipinski definition) is 6. The summed E-state index contributed by atoms with van der Waals surface area (Å²) in [4.78, 5) is 20.0. The van der Waals surface area contributed by atoms with Crippen molar-refractivity contribution in [3.8, 4) is 17.1 Å². The smallest absolute Gasteiger partial charge is 0.277 e. The van der Waals surface area contributed by atoms with Crippen LogP contribution in [-0.4, -0.2) is 34.6 Å². The van der Waals surface area contributed by atoms with E-state index in [2.05, 4.69) is 26.7 Å². The third kappa shape index (κ3) is 5.48. The third-order valence-electron chi connectivity index (χ3n) is 5.73. The molecule has 12 heteroatoms. The molecule has 0 radical (unpaired) electrons. The van der Waals surface area contributed by atoms with E-state index in [1.54, 1.807) is 13.8 Å². The van der Waals surface area contributed by atoms with Gasteiger partial charge in [-0.15, -0.1) is 5.10 Å². The van der Waals surface area contributed by atoms with Gasteiger partial charge in [0.25, 0.3) is 15.6 Å². The lowest BCUT2D eigenvalue weighted by Gasteiger charge is -2.13. The fourth-order valence-corrected chi connectivity index (χ4v) is 5.04. The number of benzene rings is 2. The molecule has 0 saturated heterocycles. The summed E-state index contributed by atoms with van der Waals surface area (Å²) < 4.78 is 62.4. The Labute approximate surface area is 212 Å². The van der Waals surface area contributed by atoms with Gasteiger partial charge in [0.1, 0.15) is 11.6 Å². The van der Waals surface area contributed by atoms with Gasteiger partial charge in [-0.25, -0.2) is 26.7 Å². The maximum absolute atomic E-state index is 13.6. The average Bonchev–Trinajstić information content (AvgIpc) is 3.17. The van der Waals surface area contributed by atoms with E-state index in [4.69, 9.17) is 4.74 Å². The van der Waals surface area contributed by atoms with Gasteiger partial charge in [0.15, 0.2) is 23.0 Å². The van der Waals surface area contributed by atoms with E-state index in [9.17, 15) is 22.0 Å². The fourth-order valence-electron chi connectivity index (χ4n) is 3.97. The number of aromatic nitrogens is 4. The van der Waals surface area contributed by atoms with Gasteiger partial charge in [0.2, 0.25) is 0 Å². The molecule has 196 valence electrons. The summed E-state index contributed by atoms with van der Waals surface area (Å²) >= 11 is 0. The highest BCUT2D eigenvalue weighted by atomic mass is 32.2. The molecule has 0 amide bonds. The van der Waals surface area contributed by atoms with Gasteiger partial charge in [0, 0.05) is 12.5 Å². The fraction of sp³-hybridized carbons (Fsp3) is 0.320. The minimum absolute atomic E-state index is 0.0972. The molecule has 0 bridgehead atoms. The summed E-state index contributed by atoms with van der Waals surface area (Å²) in [6.45, 7) is 5.88. The monoisotopic (exact) mass is 531 g/mol. The van der Waals surface area contributed by atoms with Crippen molar-refractivity contribution in [2.24, 2.45) is 0 Å². The van der Waals surface area contributed by atoms with Crippen LogP contribution >= 0.6 is 0 Å². The zero-order valence-electron chi connectivity index (χ0n) is 20.6. The number of anilines is 1. The van der Waals surface area contributed by atoms with Gasteiger partial charge >= 0.3 is 0 Å². The van der Waals surface area contributed by atoms with E-state index in [1.165, 1.54) is 22.7 Å². The molecule has 4 rings (SSSR count). The second-order valence-corrected chi connectivity index (χ2v) is 10.1. The van der Waals surface area contributed by atoms with Crippen LogP contribution < -0.4 is 15.0 Å². The predicted octanol–water partition coefficient (Wildman–Crippen LogP) is 4.60. The molecule has 9 nitrogen and oxygen atoms in total. The van der Waals surface area contributed by atoms with E-state index in [1.807, 2.05) is 0 Å². The molecule has 4 aromatic rings. The van der Waals surface area contributed by atoms with Crippen LogP contribution in [0.4, 0.5) is 14.5 Å². The Kier molecular flexibility index (Phi) is 7.58. The Hall–Kier alpha value is -3.80. The standard InChI is InChI=1S/C25H27F2N5O4S/c1-4-6-7-8-22-28-15(3)23-25(33)29-24(30-32(22)23)18-14-17(10-12-21(18)36-5-2)37(34,35)31-16-9-11-19(26)20(27)13-16/h9-14,31H,4-8H2,1-3H3,(H,29,30,33). The van der Waals surface area contributed by atoms with Gasteiger partial charge < -0.3 is 9.72 Å². The topological polar surface area (TPSA) is 118 Å². The van der Waals surface area contributed by atoms with Crippen LogP contribution in [0.2, 0.25) is 0 Å². The van der Waals surface area contributed by atoms with Gasteiger partial charge in [-0.1, -0.05) is 19.8 Å². The normalized spacial score (nSPS) is 11.7. The zero-order valence-corrected chi connectivity index (χ0v) is 21.5. The Morgan fingerprint density at radius 3 is 2.57 bits per heavy atom. The molecule has 2 N–H and O–H groups in total. The summed E-state index contributed by atoms with van der Waals surface area (Å²) in [6.07, 6.45) is 3.54. The number of fused-ring (bicyclic) bond motifs is 1. The summed E-state index contributed by atoms with van der Waals surface area (Å²) in [7, 11) is -4.21. The van der Waals surface area contributed by atoms with Crippen LogP contribution in [0.5, 0.6) is 5.75 Å². The first kappa shape index (κ1) is 26.3. The molecule has 0 aliphatic heterocycles. The maximum atomic E-state index is 13.6. The lowest BCUT2D eigenvalue weighted by atomic mass is 10.2. The van der Waals surface area contributed by atoms with Crippen molar-refractivity contribution in [1.82, 2.24) is 19.6 Å². The number of H-pyrrole nitrogens is 1. The van der Waals surface area contributed by atoms with Crippen LogP contribution in [0.3, 0.4) is 0 Å². The molecule has 0 unspecified atom stereocenters. The van der Waals surface area contributed by atoms with Gasteiger partial charge in [-0.2, -0.15) is 0 Å². The maximum Gasteiger partial charge on any atom is 0.277 e. The summed E-state index contributed by atoms with van der Waals surface area (Å²) in [5.74, 6) is -1.25. The van der Waals surface area contributed by atoms with Crippen molar-refractivity contribution in [3.05, 3.63) is 69.9 Å². The highest BCUT2D eigenvalue weighted by molar-refractivity contribution is 7.92. The summed E-state index contributed by atoms with van der Waals surface area (Å²) in [5, 5.41) is 4.59. The lowest BCUT2D eigenvalue weighted by molar-refractivity contribution is 0.341. The van der Waals surface area contributed by atoms with Crippen molar-refractivity contribution < 1.29 is 21.9 Å². The molecular weight excluding hydrogens is 504 g/mol. The summed E-state index contributed by atoms with van der Waals surface area (Å²) in [5.41, 5.74) is 0.529. The van der Waals surface area contributed by atoms with Gasteiger partial charge in [-0.05, 0) is 50.6 Å². The molecule has 0 aliphatic rings. The van der Waals surface area contributed by atoms with E-state index in [0.29, 0.717) is 29.2 Å². The van der Waals surface area contributed by atoms with Crippen LogP contribution in [0.1, 0.15) is 44.6 Å². The molecule has 0 fully saturated rings. The quantitative estimate of drug-likeness (QED) is 0.289. The highest BCUT2D eigenvalue weighted by Gasteiger charge is 2.21. The SMILES string of the molecule is CCCCCc1nc(C)c2c(=O)[nH]c(-c3cc(S(=O)(=O)Nc4ccc(F)c(F)c4)ccc3OCC)nn12. The largest absolute Gasteiger partial charge is 0.493 e. The highest BCUT2D eigenvalue weighted by Crippen LogP contribution is 2.31. The van der Waals surface area contributed by atoms with Crippen LogP contribution in [0, 0.1) is 18.6 Å². The van der Waals surface area contributed by atoms with E-state index in [-0.39, 0.29) is 28.6 Å². The van der Waals surface area contributed by atoms with E-state index < -0.39 is 27.2 Å². The number of halogens is 2. The van der Waals surface area contributed by atoms with Crippen LogP contribution in [0.25, 0.3) is 16.9 Å². The molecule has 0 saturated carbocycles. The lowest BCUT2D eigenvalue weighted by Crippen LogP contribution is -2.17. The number of unbranched alkanes of at least 4 members (excludes halogenated alkanes) is 2. The Morgan fingerprint density at radius 2 is 1.86 bits per heavy atom. The second kappa shape index (κ2) is 10.7. The Morgan fingerprint density at radius 1 is 1.08 bits per heavy atom. The van der Waals surface area contributed by atoms with Crippen molar-refractivity contribution in [2.45, 2.75) is 51.3 Å². The molecule has 2 aromatic heterocycles. The third-order valence-corrected chi connectivity index (χ3v) is 7.11. The van der Waals surface area contributed by atoms with Crippen molar-refractivity contribution in [1.29, 1.82) is 0 Å². The molecule has 2 heterocycles. The molecule has 0 aliphatic carbocycles. The minimum atomic E-state index is -4.21. The van der Waals surface area contributed by atoms with Crippen molar-refractivity contribution in [2.75, 3.05) is 11.3 Å². The molecule has 37 heavy (non-hydrogen) atoms. The van der Waals surface area contributed by atoms with E-state index in [0.717, 1.165) is 37.5 Å². The summed E-state index contributed by atoms with van der Waals surface area (Å²) in [6, 6.07) is 6.75. The number of ether oxygens (including phenoxy) is 1. The van der Waals surface area contributed by atoms with Crippen LogP contribution in [0.15, 0.2) is 46.1 Å². The van der Waals surface area contributed by atoms with Gasteiger partial charge in [-0.3, -0.25) is 9.52 Å². The zero-order chi connectivity index (χ0) is 26.7. The van der Waals surface area contributed by atoms with E-state index >= 15 is 0 Å².